The molecule has 0 aliphatic heterocycles. The van der Waals surface area contributed by atoms with Gasteiger partial charge in [-0.3, -0.25) is 0 Å². The summed E-state index contributed by atoms with van der Waals surface area (Å²) in [6, 6.07) is 14.6. The molecule has 3 rings (SSSR count). The Hall–Kier alpha value is -3.87. The summed E-state index contributed by atoms with van der Waals surface area (Å²) in [6.07, 6.45) is -3.27. The second kappa shape index (κ2) is 7.57. The number of rotatable bonds is 5. The Morgan fingerprint density at radius 2 is 1.70 bits per heavy atom. The number of hydrogen-bond donors (Lipinski definition) is 2. The van der Waals surface area contributed by atoms with Crippen LogP contribution in [0.2, 0.25) is 0 Å². The Balaban J connectivity index is 1.69. The van der Waals surface area contributed by atoms with Crippen molar-refractivity contribution in [2.24, 2.45) is 0 Å². The zero-order chi connectivity index (χ0) is 19.3. The number of tetrazole rings is 1. The van der Waals surface area contributed by atoms with Crippen molar-refractivity contribution in [2.75, 3.05) is 5.32 Å². The van der Waals surface area contributed by atoms with Crippen LogP contribution >= 0.6 is 0 Å². The molecule has 3 aromatic rings. The van der Waals surface area contributed by atoms with Crippen LogP contribution in [0.3, 0.4) is 0 Å². The molecule has 136 valence electrons. The molecule has 0 saturated heterocycles. The molecular weight excluding hydrogens is 361 g/mol. The molecule has 2 N–H and O–H groups in total. The average Bonchev–Trinajstić information content (AvgIpc) is 3.17. The van der Waals surface area contributed by atoms with Gasteiger partial charge in [0.1, 0.15) is 17.4 Å². The molecule has 0 fully saturated rings. The first-order chi connectivity index (χ1) is 12.9. The standard InChI is InChI=1S/C17H11F3N6O/c18-17(19,20)27-15-7-3-12(4-8-15)11-1-5-14(6-2-11)22-10-13(9-21)16-23-25-26-24-16/h1-8,10,22H,(H,23,24,25,26). The third-order valence-electron chi connectivity index (χ3n) is 3.40. The fraction of sp³-hybridized carbons (Fsp3) is 0.0588. The van der Waals surface area contributed by atoms with Crippen molar-refractivity contribution in [3.05, 3.63) is 60.6 Å². The highest BCUT2D eigenvalue weighted by Crippen LogP contribution is 2.27. The summed E-state index contributed by atoms with van der Waals surface area (Å²) in [5.74, 6) is -0.108. The summed E-state index contributed by atoms with van der Waals surface area (Å²) >= 11 is 0. The number of nitriles is 1. The van der Waals surface area contributed by atoms with E-state index in [0.717, 1.165) is 11.1 Å². The fourth-order valence-corrected chi connectivity index (χ4v) is 2.19. The molecule has 0 unspecified atom stereocenters. The summed E-state index contributed by atoms with van der Waals surface area (Å²) in [7, 11) is 0. The van der Waals surface area contributed by atoms with Crippen LogP contribution in [0.4, 0.5) is 18.9 Å². The first kappa shape index (κ1) is 17.9. The van der Waals surface area contributed by atoms with Gasteiger partial charge in [0.05, 0.1) is 0 Å². The van der Waals surface area contributed by atoms with Gasteiger partial charge in [-0.05, 0) is 40.6 Å². The lowest BCUT2D eigenvalue weighted by atomic mass is 10.1. The highest BCUT2D eigenvalue weighted by Gasteiger charge is 2.30. The van der Waals surface area contributed by atoms with Gasteiger partial charge in [0.2, 0.25) is 5.82 Å². The van der Waals surface area contributed by atoms with Gasteiger partial charge in [-0.1, -0.05) is 24.3 Å². The van der Waals surface area contributed by atoms with Gasteiger partial charge in [0.15, 0.2) is 0 Å². The van der Waals surface area contributed by atoms with Crippen LogP contribution in [0.15, 0.2) is 54.7 Å². The molecule has 27 heavy (non-hydrogen) atoms. The molecule has 0 atom stereocenters. The Bertz CT molecular complexity index is 958. The Morgan fingerprint density at radius 1 is 1.07 bits per heavy atom. The number of anilines is 1. The van der Waals surface area contributed by atoms with Crippen molar-refractivity contribution in [2.45, 2.75) is 6.36 Å². The summed E-state index contributed by atoms with van der Waals surface area (Å²) in [6.45, 7) is 0. The van der Waals surface area contributed by atoms with E-state index in [4.69, 9.17) is 5.26 Å². The molecular formula is C17H11F3N6O. The molecule has 0 radical (unpaired) electrons. The number of benzene rings is 2. The van der Waals surface area contributed by atoms with Gasteiger partial charge >= 0.3 is 6.36 Å². The lowest BCUT2D eigenvalue weighted by molar-refractivity contribution is -0.274. The normalized spacial score (nSPS) is 11.7. The van der Waals surface area contributed by atoms with Gasteiger partial charge in [-0.25, -0.2) is 0 Å². The minimum atomic E-state index is -4.72. The van der Waals surface area contributed by atoms with Crippen LogP contribution < -0.4 is 10.1 Å². The first-order valence-corrected chi connectivity index (χ1v) is 7.51. The van der Waals surface area contributed by atoms with Crippen molar-refractivity contribution < 1.29 is 17.9 Å². The summed E-state index contributed by atoms with van der Waals surface area (Å²) in [5, 5.41) is 25.1. The Labute approximate surface area is 151 Å². The fourth-order valence-electron chi connectivity index (χ4n) is 2.19. The van der Waals surface area contributed by atoms with Gasteiger partial charge in [0, 0.05) is 11.9 Å². The van der Waals surface area contributed by atoms with Crippen LogP contribution in [0.5, 0.6) is 5.75 Å². The van der Waals surface area contributed by atoms with E-state index in [0.29, 0.717) is 5.69 Å². The van der Waals surface area contributed by atoms with E-state index in [1.165, 1.54) is 30.5 Å². The van der Waals surface area contributed by atoms with Crippen molar-refractivity contribution >= 4 is 11.3 Å². The Kier molecular flexibility index (Phi) is 5.03. The predicted molar refractivity (Wildman–Crippen MR) is 90.0 cm³/mol. The largest absolute Gasteiger partial charge is 0.573 e. The molecule has 0 bridgehead atoms. The number of H-pyrrole nitrogens is 1. The number of aromatic amines is 1. The number of halogens is 3. The molecule has 0 saturated carbocycles. The maximum absolute atomic E-state index is 12.2. The van der Waals surface area contributed by atoms with E-state index < -0.39 is 6.36 Å². The highest BCUT2D eigenvalue weighted by atomic mass is 19.4. The number of allylic oxidation sites excluding steroid dienone is 1. The second-order valence-corrected chi connectivity index (χ2v) is 5.20. The van der Waals surface area contributed by atoms with Crippen molar-refractivity contribution in [3.8, 4) is 22.9 Å². The van der Waals surface area contributed by atoms with Gasteiger partial charge in [-0.2, -0.15) is 10.5 Å². The molecule has 0 amide bonds. The molecule has 0 aliphatic rings. The molecule has 7 nitrogen and oxygen atoms in total. The van der Waals surface area contributed by atoms with Gasteiger partial charge < -0.3 is 10.1 Å². The average molecular weight is 372 g/mol. The SMILES string of the molecule is N#CC(=CNc1ccc(-c2ccc(OC(F)(F)F)cc2)cc1)c1nn[nH]n1. The van der Waals surface area contributed by atoms with Crippen LogP contribution in [-0.2, 0) is 0 Å². The number of ether oxygens (including phenoxy) is 1. The highest BCUT2D eigenvalue weighted by molar-refractivity contribution is 5.74. The van der Waals surface area contributed by atoms with Crippen LogP contribution in [0.1, 0.15) is 5.82 Å². The van der Waals surface area contributed by atoms with Crippen molar-refractivity contribution in [3.63, 3.8) is 0 Å². The zero-order valence-corrected chi connectivity index (χ0v) is 13.5. The van der Waals surface area contributed by atoms with Crippen LogP contribution in [0, 0.1) is 11.3 Å². The number of nitrogens with zero attached hydrogens (tertiary/aromatic N) is 4. The smallest absolute Gasteiger partial charge is 0.406 e. The minimum absolute atomic E-state index is 0.169. The number of aromatic nitrogens is 4. The third-order valence-corrected chi connectivity index (χ3v) is 3.40. The van der Waals surface area contributed by atoms with Gasteiger partial charge in [-0.15, -0.1) is 23.4 Å². The topological polar surface area (TPSA) is 99.5 Å². The lowest BCUT2D eigenvalue weighted by Crippen LogP contribution is -2.16. The predicted octanol–water partition coefficient (Wildman–Crippen LogP) is 3.74. The number of hydrogen-bond acceptors (Lipinski definition) is 6. The molecule has 2 aromatic carbocycles. The minimum Gasteiger partial charge on any atom is -0.406 e. The molecule has 1 heterocycles. The molecule has 1 aromatic heterocycles. The monoisotopic (exact) mass is 372 g/mol. The van der Waals surface area contributed by atoms with Gasteiger partial charge in [0.25, 0.3) is 0 Å². The molecule has 0 aliphatic carbocycles. The quantitative estimate of drug-likeness (QED) is 0.662. The summed E-state index contributed by atoms with van der Waals surface area (Å²) in [4.78, 5) is 0. The maximum atomic E-state index is 12.2. The van der Waals surface area contributed by atoms with Crippen molar-refractivity contribution in [1.82, 2.24) is 20.6 Å². The first-order valence-electron chi connectivity index (χ1n) is 7.51. The van der Waals surface area contributed by atoms with Crippen LogP contribution in [-0.4, -0.2) is 27.0 Å². The maximum Gasteiger partial charge on any atom is 0.573 e. The van der Waals surface area contributed by atoms with E-state index in [1.807, 2.05) is 6.07 Å². The zero-order valence-electron chi connectivity index (χ0n) is 13.5. The summed E-state index contributed by atoms with van der Waals surface area (Å²) < 4.78 is 40.4. The lowest BCUT2D eigenvalue weighted by Gasteiger charge is -2.09. The third kappa shape index (κ3) is 4.82. The van der Waals surface area contributed by atoms with E-state index in [9.17, 15) is 13.2 Å². The second-order valence-electron chi connectivity index (χ2n) is 5.20. The Morgan fingerprint density at radius 3 is 2.22 bits per heavy atom. The van der Waals surface area contributed by atoms with Crippen LogP contribution in [0.25, 0.3) is 16.7 Å². The van der Waals surface area contributed by atoms with E-state index in [2.05, 4.69) is 30.7 Å². The van der Waals surface area contributed by atoms with E-state index >= 15 is 0 Å². The molecule has 0 spiro atoms. The number of alkyl halides is 3. The van der Waals surface area contributed by atoms with E-state index in [-0.39, 0.29) is 17.1 Å². The summed E-state index contributed by atoms with van der Waals surface area (Å²) in [5.41, 5.74) is 2.44. The number of nitrogens with one attached hydrogen (secondary N) is 2. The molecule has 10 heteroatoms. The van der Waals surface area contributed by atoms with E-state index in [1.54, 1.807) is 24.3 Å². The van der Waals surface area contributed by atoms with Crippen molar-refractivity contribution in [1.29, 1.82) is 5.26 Å².